The van der Waals surface area contributed by atoms with E-state index in [1.807, 2.05) is 17.0 Å². The Balaban J connectivity index is 0.00000385. The van der Waals surface area contributed by atoms with Crippen molar-refractivity contribution in [3.63, 3.8) is 0 Å². The summed E-state index contributed by atoms with van der Waals surface area (Å²) in [5.41, 5.74) is 1.20. The second kappa shape index (κ2) is 15.4. The zero-order valence-corrected chi connectivity index (χ0v) is 22.7. The van der Waals surface area contributed by atoms with Crippen molar-refractivity contribution in [3.05, 3.63) is 29.8 Å². The number of benzene rings is 1. The molecule has 0 bridgehead atoms. The Bertz CT molecular complexity index is 739. The van der Waals surface area contributed by atoms with Crippen molar-refractivity contribution in [1.29, 1.82) is 0 Å². The lowest BCUT2D eigenvalue weighted by Crippen LogP contribution is -2.40. The van der Waals surface area contributed by atoms with Crippen LogP contribution in [0.15, 0.2) is 29.3 Å². The lowest BCUT2D eigenvalue weighted by Gasteiger charge is -2.28. The number of halogens is 1. The molecule has 1 aromatic rings. The highest BCUT2D eigenvalue weighted by molar-refractivity contribution is 14.0. The molecule has 1 atom stereocenters. The standard InChI is InChI=1S/C25H41N5O2.HI/c1-3-26-25(27-15-11-19-30-18-8-4-5-14-24(30)31)28-20-22(29-16-9-10-17-29)21-12-6-7-13-23(21)32-2;/h6-7,12-13,22H,3-5,8-11,14-20H2,1-2H3,(H2,26,27,28);1H. The number of likely N-dealkylation sites (tertiary alicyclic amines) is 2. The molecule has 2 N–H and O–H groups in total. The highest BCUT2D eigenvalue weighted by Gasteiger charge is 2.25. The summed E-state index contributed by atoms with van der Waals surface area (Å²) in [7, 11) is 1.74. The molecule has 0 aromatic heterocycles. The van der Waals surface area contributed by atoms with E-state index >= 15 is 0 Å². The molecular weight excluding hydrogens is 529 g/mol. The van der Waals surface area contributed by atoms with Crippen LogP contribution < -0.4 is 15.4 Å². The molecule has 8 heteroatoms. The maximum atomic E-state index is 12.2. The normalized spacial score (nSPS) is 18.4. The van der Waals surface area contributed by atoms with Crippen LogP contribution in [0.2, 0.25) is 0 Å². The van der Waals surface area contributed by atoms with Gasteiger partial charge in [-0.15, -0.1) is 24.0 Å². The highest BCUT2D eigenvalue weighted by Crippen LogP contribution is 2.31. The quantitative estimate of drug-likeness (QED) is 0.194. The smallest absolute Gasteiger partial charge is 0.222 e. The topological polar surface area (TPSA) is 69.2 Å². The monoisotopic (exact) mass is 571 g/mol. The Morgan fingerprint density at radius 1 is 1.09 bits per heavy atom. The largest absolute Gasteiger partial charge is 0.496 e. The average Bonchev–Trinajstić information content (AvgIpc) is 3.27. The van der Waals surface area contributed by atoms with Crippen LogP contribution in [0.25, 0.3) is 0 Å². The number of guanidine groups is 1. The zero-order chi connectivity index (χ0) is 22.6. The van der Waals surface area contributed by atoms with Crippen LogP contribution in [-0.2, 0) is 4.79 Å². The predicted molar refractivity (Wildman–Crippen MR) is 146 cm³/mol. The second-order valence-electron chi connectivity index (χ2n) is 8.69. The summed E-state index contributed by atoms with van der Waals surface area (Å²) in [5.74, 6) is 2.09. The zero-order valence-electron chi connectivity index (χ0n) is 20.4. The number of ether oxygens (including phenoxy) is 1. The molecule has 2 aliphatic rings. The van der Waals surface area contributed by atoms with Gasteiger partial charge in [0.2, 0.25) is 5.91 Å². The van der Waals surface area contributed by atoms with E-state index in [9.17, 15) is 4.79 Å². The van der Waals surface area contributed by atoms with Crippen LogP contribution in [0.3, 0.4) is 0 Å². The van der Waals surface area contributed by atoms with Gasteiger partial charge in [0.1, 0.15) is 5.75 Å². The van der Waals surface area contributed by atoms with Gasteiger partial charge in [-0.2, -0.15) is 0 Å². The lowest BCUT2D eigenvalue weighted by molar-refractivity contribution is -0.130. The molecule has 0 aliphatic carbocycles. The van der Waals surface area contributed by atoms with Crippen LogP contribution in [0, 0.1) is 0 Å². The first-order valence-corrected chi connectivity index (χ1v) is 12.4. The number of hydrogen-bond donors (Lipinski definition) is 2. The molecule has 186 valence electrons. The van der Waals surface area contributed by atoms with E-state index in [4.69, 9.17) is 9.73 Å². The van der Waals surface area contributed by atoms with E-state index in [1.165, 1.54) is 24.8 Å². The molecule has 1 aromatic carbocycles. The minimum atomic E-state index is 0. The van der Waals surface area contributed by atoms with Crippen molar-refractivity contribution >= 4 is 35.8 Å². The van der Waals surface area contributed by atoms with E-state index in [2.05, 4.69) is 34.6 Å². The number of amides is 1. The Kier molecular flexibility index (Phi) is 12.9. The van der Waals surface area contributed by atoms with Gasteiger partial charge in [0.15, 0.2) is 5.96 Å². The van der Waals surface area contributed by atoms with Crippen LogP contribution >= 0.6 is 24.0 Å². The molecule has 1 amide bonds. The van der Waals surface area contributed by atoms with E-state index in [1.54, 1.807) is 7.11 Å². The Hall–Kier alpha value is -1.55. The molecule has 2 heterocycles. The van der Waals surface area contributed by atoms with Gasteiger partial charge >= 0.3 is 0 Å². The Morgan fingerprint density at radius 3 is 2.61 bits per heavy atom. The van der Waals surface area contributed by atoms with Gasteiger partial charge < -0.3 is 20.3 Å². The number of methoxy groups -OCH3 is 1. The third kappa shape index (κ3) is 8.63. The summed E-state index contributed by atoms with van der Waals surface area (Å²) in [4.78, 5) is 21.7. The molecule has 2 fully saturated rings. The fourth-order valence-electron chi connectivity index (χ4n) is 4.68. The fourth-order valence-corrected chi connectivity index (χ4v) is 4.68. The third-order valence-electron chi connectivity index (χ3n) is 6.41. The molecular formula is C25H42IN5O2. The molecule has 3 rings (SSSR count). The summed E-state index contributed by atoms with van der Waals surface area (Å²) in [6.07, 6.45) is 7.45. The molecule has 33 heavy (non-hydrogen) atoms. The molecule has 7 nitrogen and oxygen atoms in total. The summed E-state index contributed by atoms with van der Waals surface area (Å²) in [6, 6.07) is 8.51. The summed E-state index contributed by atoms with van der Waals surface area (Å²) >= 11 is 0. The predicted octanol–water partition coefficient (Wildman–Crippen LogP) is 3.80. The van der Waals surface area contributed by atoms with E-state index in [0.717, 1.165) is 70.2 Å². The minimum absolute atomic E-state index is 0. The van der Waals surface area contributed by atoms with Crippen molar-refractivity contribution in [2.24, 2.45) is 4.99 Å². The molecule has 1 unspecified atom stereocenters. The molecule has 0 saturated carbocycles. The number of aliphatic imine (C=N–C) groups is 1. The lowest BCUT2D eigenvalue weighted by atomic mass is 10.0. The van der Waals surface area contributed by atoms with Crippen molar-refractivity contribution in [1.82, 2.24) is 20.4 Å². The van der Waals surface area contributed by atoms with Gasteiger partial charge in [-0.3, -0.25) is 14.7 Å². The van der Waals surface area contributed by atoms with Crippen LogP contribution in [0.4, 0.5) is 0 Å². The second-order valence-corrected chi connectivity index (χ2v) is 8.69. The molecule has 2 aliphatic heterocycles. The van der Waals surface area contributed by atoms with Crippen molar-refractivity contribution < 1.29 is 9.53 Å². The first kappa shape index (κ1) is 27.7. The maximum absolute atomic E-state index is 12.2. The van der Waals surface area contributed by atoms with Gasteiger partial charge in [0.05, 0.1) is 19.7 Å². The van der Waals surface area contributed by atoms with Gasteiger partial charge in [-0.05, 0) is 58.2 Å². The van der Waals surface area contributed by atoms with Crippen molar-refractivity contribution in [2.75, 3.05) is 52.9 Å². The highest BCUT2D eigenvalue weighted by atomic mass is 127. The summed E-state index contributed by atoms with van der Waals surface area (Å²) in [6.45, 7) is 8.33. The number of para-hydroxylation sites is 1. The van der Waals surface area contributed by atoms with Crippen LogP contribution in [0.1, 0.15) is 63.5 Å². The fraction of sp³-hybridized carbons (Fsp3) is 0.680. The van der Waals surface area contributed by atoms with Gasteiger partial charge in [-0.25, -0.2) is 0 Å². The first-order valence-electron chi connectivity index (χ1n) is 12.4. The van der Waals surface area contributed by atoms with Crippen LogP contribution in [-0.4, -0.2) is 74.6 Å². The Morgan fingerprint density at radius 2 is 1.85 bits per heavy atom. The molecule has 2 saturated heterocycles. The van der Waals surface area contributed by atoms with Gasteiger partial charge in [0.25, 0.3) is 0 Å². The Labute approximate surface area is 216 Å². The minimum Gasteiger partial charge on any atom is -0.496 e. The first-order chi connectivity index (χ1) is 15.7. The van der Waals surface area contributed by atoms with E-state index < -0.39 is 0 Å². The summed E-state index contributed by atoms with van der Waals surface area (Å²) < 4.78 is 5.66. The molecule has 0 spiro atoms. The summed E-state index contributed by atoms with van der Waals surface area (Å²) in [5, 5.41) is 6.84. The van der Waals surface area contributed by atoms with Crippen molar-refractivity contribution in [2.45, 2.75) is 57.9 Å². The maximum Gasteiger partial charge on any atom is 0.222 e. The third-order valence-corrected chi connectivity index (χ3v) is 6.41. The van der Waals surface area contributed by atoms with Gasteiger partial charge in [0, 0.05) is 38.2 Å². The number of carbonyl (C=O) groups excluding carboxylic acids is 1. The SMILES string of the molecule is CCNC(=NCC(c1ccccc1OC)N1CCCC1)NCCCN1CCCCCC1=O.I. The number of nitrogens with one attached hydrogen (secondary N) is 2. The van der Waals surface area contributed by atoms with E-state index in [0.29, 0.717) is 18.9 Å². The van der Waals surface area contributed by atoms with Gasteiger partial charge in [-0.1, -0.05) is 24.6 Å². The number of nitrogens with zero attached hydrogens (tertiary/aromatic N) is 3. The van der Waals surface area contributed by atoms with E-state index in [-0.39, 0.29) is 30.0 Å². The number of rotatable bonds is 10. The number of hydrogen-bond acceptors (Lipinski definition) is 4. The molecule has 0 radical (unpaired) electrons. The van der Waals surface area contributed by atoms with Crippen molar-refractivity contribution in [3.8, 4) is 5.75 Å². The average molecular weight is 572 g/mol. The number of carbonyl (C=O) groups is 1. The van der Waals surface area contributed by atoms with Crippen LogP contribution in [0.5, 0.6) is 5.75 Å².